The first-order valence-electron chi connectivity index (χ1n) is 8.16. The lowest BCUT2D eigenvalue weighted by Crippen LogP contribution is -2.47. The second kappa shape index (κ2) is 8.09. The van der Waals surface area contributed by atoms with Gasteiger partial charge < -0.3 is 9.47 Å². The highest BCUT2D eigenvalue weighted by Crippen LogP contribution is 2.34. The summed E-state index contributed by atoms with van der Waals surface area (Å²) in [4.78, 5) is 29.0. The summed E-state index contributed by atoms with van der Waals surface area (Å²) in [7, 11) is 3.10. The van der Waals surface area contributed by atoms with Crippen LogP contribution in [-0.4, -0.2) is 32.0 Å². The molecule has 1 aliphatic heterocycles. The van der Waals surface area contributed by atoms with Gasteiger partial charge in [-0.3, -0.25) is 20.2 Å². The zero-order valence-corrected chi connectivity index (χ0v) is 15.5. The zero-order chi connectivity index (χ0) is 19.4. The van der Waals surface area contributed by atoms with E-state index >= 15 is 0 Å². The topological polar surface area (TPSA) is 89.0 Å². The number of aliphatic imine (C=N–C) groups is 1. The van der Waals surface area contributed by atoms with Crippen molar-refractivity contribution in [2.75, 3.05) is 14.2 Å². The number of carbonyl (C=O) groups excluding carboxylic acids is 2. The Morgan fingerprint density at radius 1 is 1.22 bits per heavy atom. The smallest absolute Gasteiger partial charge is 0.258 e. The maximum atomic E-state index is 12.4. The summed E-state index contributed by atoms with van der Waals surface area (Å²) in [6.45, 7) is 0. The van der Waals surface area contributed by atoms with Crippen LogP contribution < -0.4 is 20.1 Å². The molecular weight excluding hydrogens is 370 g/mol. The van der Waals surface area contributed by atoms with Gasteiger partial charge in [0, 0.05) is 16.1 Å². The molecule has 1 heterocycles. The molecule has 3 rings (SSSR count). The van der Waals surface area contributed by atoms with Crippen LogP contribution in [0.2, 0.25) is 5.02 Å². The lowest BCUT2D eigenvalue weighted by Gasteiger charge is -2.23. The standard InChI is InChI=1S/C19H18ClN3O4/c1-26-13-6-7-16(27-2)14(9-13)15-10-17(24)22-19(21-15)23-18(25)11-4-3-5-12(20)8-11/h3-9,15H,10H2,1-2H3,(H2,21,22,23,24,25). The van der Waals surface area contributed by atoms with Crippen LogP contribution in [0.3, 0.4) is 0 Å². The van der Waals surface area contributed by atoms with Crippen molar-refractivity contribution < 1.29 is 19.1 Å². The van der Waals surface area contributed by atoms with Gasteiger partial charge in [0.15, 0.2) is 0 Å². The molecule has 0 saturated carbocycles. The molecule has 2 N–H and O–H groups in total. The maximum absolute atomic E-state index is 12.4. The molecule has 2 aromatic rings. The van der Waals surface area contributed by atoms with Crippen molar-refractivity contribution in [3.05, 3.63) is 58.6 Å². The Hall–Kier alpha value is -3.06. The van der Waals surface area contributed by atoms with E-state index in [1.807, 2.05) is 0 Å². The molecule has 0 spiro atoms. The van der Waals surface area contributed by atoms with Crippen molar-refractivity contribution in [3.8, 4) is 11.5 Å². The highest BCUT2D eigenvalue weighted by molar-refractivity contribution is 6.31. The van der Waals surface area contributed by atoms with E-state index in [-0.39, 0.29) is 18.3 Å². The molecule has 0 aromatic heterocycles. The van der Waals surface area contributed by atoms with Crippen LogP contribution in [0.5, 0.6) is 11.5 Å². The second-order valence-corrected chi connectivity index (χ2v) is 6.25. The van der Waals surface area contributed by atoms with Crippen LogP contribution in [0.15, 0.2) is 47.5 Å². The predicted octanol–water partition coefficient (Wildman–Crippen LogP) is 2.70. The maximum Gasteiger partial charge on any atom is 0.258 e. The Labute approximate surface area is 161 Å². The van der Waals surface area contributed by atoms with E-state index in [9.17, 15) is 9.59 Å². The largest absolute Gasteiger partial charge is 0.497 e. The van der Waals surface area contributed by atoms with Crippen LogP contribution in [0, 0.1) is 0 Å². The Kier molecular flexibility index (Phi) is 5.61. The molecule has 1 atom stereocenters. The molecule has 8 heteroatoms. The van der Waals surface area contributed by atoms with Gasteiger partial charge in [-0.15, -0.1) is 0 Å². The number of nitrogens with zero attached hydrogens (tertiary/aromatic N) is 1. The fourth-order valence-corrected chi connectivity index (χ4v) is 2.94. The minimum absolute atomic E-state index is 0.0751. The molecular formula is C19H18ClN3O4. The zero-order valence-electron chi connectivity index (χ0n) is 14.8. The average molecular weight is 388 g/mol. The van der Waals surface area contributed by atoms with Crippen LogP contribution in [-0.2, 0) is 4.79 Å². The highest BCUT2D eigenvalue weighted by atomic mass is 35.5. The van der Waals surface area contributed by atoms with Crippen molar-refractivity contribution in [2.24, 2.45) is 4.99 Å². The normalized spacial score (nSPS) is 16.2. The number of benzene rings is 2. The van der Waals surface area contributed by atoms with Gasteiger partial charge in [0.1, 0.15) is 11.5 Å². The lowest BCUT2D eigenvalue weighted by atomic mass is 10.0. The third-order valence-electron chi connectivity index (χ3n) is 4.04. The molecule has 0 fully saturated rings. The number of halogens is 1. The van der Waals surface area contributed by atoms with Gasteiger partial charge in [-0.05, 0) is 36.4 Å². The summed E-state index contributed by atoms with van der Waals surface area (Å²) in [5.41, 5.74) is 1.06. The van der Waals surface area contributed by atoms with Crippen LogP contribution >= 0.6 is 11.6 Å². The van der Waals surface area contributed by atoms with E-state index in [1.54, 1.807) is 50.6 Å². The molecule has 0 bridgehead atoms. The van der Waals surface area contributed by atoms with Crippen molar-refractivity contribution in [2.45, 2.75) is 12.5 Å². The summed E-state index contributed by atoms with van der Waals surface area (Å²) in [6, 6.07) is 11.3. The summed E-state index contributed by atoms with van der Waals surface area (Å²) >= 11 is 5.91. The number of hydrogen-bond acceptors (Lipinski definition) is 5. The van der Waals surface area contributed by atoms with Gasteiger partial charge in [-0.2, -0.15) is 0 Å². The number of methoxy groups -OCH3 is 2. The molecule has 2 amide bonds. The fourth-order valence-electron chi connectivity index (χ4n) is 2.74. The number of nitrogens with one attached hydrogen (secondary N) is 2. The summed E-state index contributed by atoms with van der Waals surface area (Å²) in [5.74, 6) is 0.596. The Balaban J connectivity index is 1.88. The van der Waals surface area contributed by atoms with Gasteiger partial charge in [0.25, 0.3) is 5.91 Å². The first kappa shape index (κ1) is 18.7. The van der Waals surface area contributed by atoms with Crippen LogP contribution in [0.25, 0.3) is 0 Å². The number of guanidine groups is 1. The minimum Gasteiger partial charge on any atom is -0.497 e. The average Bonchev–Trinajstić information content (AvgIpc) is 2.67. The number of ether oxygens (including phenoxy) is 2. The SMILES string of the molecule is COc1ccc(OC)c(C2CC(=O)NC(NC(=O)c3cccc(Cl)c3)=N2)c1. The lowest BCUT2D eigenvalue weighted by molar-refractivity contribution is -0.120. The molecule has 27 heavy (non-hydrogen) atoms. The Morgan fingerprint density at radius 3 is 2.74 bits per heavy atom. The number of hydrogen-bond donors (Lipinski definition) is 2. The van der Waals surface area contributed by atoms with Crippen LogP contribution in [0.4, 0.5) is 0 Å². The van der Waals surface area contributed by atoms with Crippen molar-refractivity contribution in [1.82, 2.24) is 10.6 Å². The van der Waals surface area contributed by atoms with E-state index in [0.717, 1.165) is 0 Å². The summed E-state index contributed by atoms with van der Waals surface area (Å²) in [5, 5.41) is 5.62. The third kappa shape index (κ3) is 4.38. The van der Waals surface area contributed by atoms with E-state index in [1.165, 1.54) is 6.07 Å². The fraction of sp³-hybridized carbons (Fsp3) is 0.211. The van der Waals surface area contributed by atoms with Crippen molar-refractivity contribution in [1.29, 1.82) is 0 Å². The van der Waals surface area contributed by atoms with Crippen LogP contribution in [0.1, 0.15) is 28.4 Å². The molecule has 0 aliphatic carbocycles. The molecule has 2 aromatic carbocycles. The number of carbonyl (C=O) groups is 2. The minimum atomic E-state index is -0.515. The molecule has 7 nitrogen and oxygen atoms in total. The molecule has 0 radical (unpaired) electrons. The highest BCUT2D eigenvalue weighted by Gasteiger charge is 2.26. The van der Waals surface area contributed by atoms with E-state index in [2.05, 4.69) is 15.6 Å². The number of amides is 2. The second-order valence-electron chi connectivity index (χ2n) is 5.82. The van der Waals surface area contributed by atoms with E-state index in [4.69, 9.17) is 21.1 Å². The number of rotatable bonds is 4. The van der Waals surface area contributed by atoms with E-state index in [0.29, 0.717) is 27.6 Å². The third-order valence-corrected chi connectivity index (χ3v) is 4.27. The molecule has 140 valence electrons. The van der Waals surface area contributed by atoms with Gasteiger partial charge in [0.05, 0.1) is 26.7 Å². The van der Waals surface area contributed by atoms with Crippen molar-refractivity contribution >= 4 is 29.4 Å². The first-order valence-corrected chi connectivity index (χ1v) is 8.54. The quantitative estimate of drug-likeness (QED) is 0.844. The molecule has 1 unspecified atom stereocenters. The molecule has 0 saturated heterocycles. The predicted molar refractivity (Wildman–Crippen MR) is 101 cm³/mol. The van der Waals surface area contributed by atoms with Gasteiger partial charge in [-0.25, -0.2) is 4.99 Å². The first-order chi connectivity index (χ1) is 13.0. The van der Waals surface area contributed by atoms with Gasteiger partial charge >= 0.3 is 0 Å². The van der Waals surface area contributed by atoms with E-state index < -0.39 is 11.9 Å². The summed E-state index contributed by atoms with van der Waals surface area (Å²) in [6.07, 6.45) is 0.125. The molecule has 1 aliphatic rings. The van der Waals surface area contributed by atoms with Gasteiger partial charge in [-0.1, -0.05) is 17.7 Å². The van der Waals surface area contributed by atoms with Crippen molar-refractivity contribution in [3.63, 3.8) is 0 Å². The Bertz CT molecular complexity index is 914. The monoisotopic (exact) mass is 387 g/mol. The Morgan fingerprint density at radius 2 is 2.04 bits per heavy atom. The van der Waals surface area contributed by atoms with Gasteiger partial charge in [0.2, 0.25) is 11.9 Å². The summed E-state index contributed by atoms with van der Waals surface area (Å²) < 4.78 is 10.6.